The predicted octanol–water partition coefficient (Wildman–Crippen LogP) is 3.06. The van der Waals surface area contributed by atoms with Crippen molar-refractivity contribution in [3.63, 3.8) is 0 Å². The molecule has 0 saturated carbocycles. The van der Waals surface area contributed by atoms with Gasteiger partial charge < -0.3 is 9.64 Å². The first kappa shape index (κ1) is 13.3. The standard InChI is InChI=1S/C16H23NO/c1-14(10-15-6-4-3-5-7-15)11-17(2)12-16-8-9-18-13-16/h3-7,10,16H,8-9,11-13H2,1-2H3/t16-/m1/s1. The summed E-state index contributed by atoms with van der Waals surface area (Å²) in [6.07, 6.45) is 3.48. The Balaban J connectivity index is 1.82. The van der Waals surface area contributed by atoms with E-state index in [0.29, 0.717) is 0 Å². The molecule has 0 bridgehead atoms. The lowest BCUT2D eigenvalue weighted by Gasteiger charge is -2.20. The number of hydrogen-bond donors (Lipinski definition) is 0. The molecule has 0 radical (unpaired) electrons. The van der Waals surface area contributed by atoms with Crippen molar-refractivity contribution in [3.05, 3.63) is 41.5 Å². The van der Waals surface area contributed by atoms with Gasteiger partial charge in [-0.1, -0.05) is 42.0 Å². The lowest BCUT2D eigenvalue weighted by molar-refractivity contribution is 0.176. The zero-order valence-electron chi connectivity index (χ0n) is 11.4. The van der Waals surface area contributed by atoms with Gasteiger partial charge in [0, 0.05) is 19.7 Å². The van der Waals surface area contributed by atoms with Crippen molar-refractivity contribution >= 4 is 6.08 Å². The Hall–Kier alpha value is -1.12. The van der Waals surface area contributed by atoms with Crippen molar-refractivity contribution in [1.29, 1.82) is 0 Å². The minimum atomic E-state index is 0.722. The topological polar surface area (TPSA) is 12.5 Å². The highest BCUT2D eigenvalue weighted by atomic mass is 16.5. The van der Waals surface area contributed by atoms with E-state index in [0.717, 1.165) is 32.2 Å². The molecule has 1 aromatic carbocycles. The molecule has 2 rings (SSSR count). The second-order valence-corrected chi connectivity index (χ2v) is 5.33. The molecular weight excluding hydrogens is 222 g/mol. The molecule has 0 N–H and O–H groups in total. The van der Waals surface area contributed by atoms with Crippen LogP contribution in [0.5, 0.6) is 0 Å². The van der Waals surface area contributed by atoms with E-state index >= 15 is 0 Å². The van der Waals surface area contributed by atoms with Crippen molar-refractivity contribution in [1.82, 2.24) is 4.90 Å². The smallest absolute Gasteiger partial charge is 0.0507 e. The fraction of sp³-hybridized carbons (Fsp3) is 0.500. The second-order valence-electron chi connectivity index (χ2n) is 5.33. The third kappa shape index (κ3) is 4.28. The number of hydrogen-bond acceptors (Lipinski definition) is 2. The summed E-state index contributed by atoms with van der Waals surface area (Å²) < 4.78 is 5.42. The fourth-order valence-electron chi connectivity index (χ4n) is 2.54. The summed E-state index contributed by atoms with van der Waals surface area (Å²) in [5, 5.41) is 0. The summed E-state index contributed by atoms with van der Waals surface area (Å²) in [4.78, 5) is 2.40. The number of nitrogens with zero attached hydrogens (tertiary/aromatic N) is 1. The van der Waals surface area contributed by atoms with E-state index in [4.69, 9.17) is 4.74 Å². The molecule has 1 saturated heterocycles. The van der Waals surface area contributed by atoms with Crippen molar-refractivity contribution < 1.29 is 4.74 Å². The Bertz CT molecular complexity index is 379. The summed E-state index contributed by atoms with van der Waals surface area (Å²) in [6.45, 7) is 6.25. The van der Waals surface area contributed by atoms with Crippen LogP contribution in [0.3, 0.4) is 0 Å². The van der Waals surface area contributed by atoms with Crippen molar-refractivity contribution in [3.8, 4) is 0 Å². The summed E-state index contributed by atoms with van der Waals surface area (Å²) in [5.41, 5.74) is 2.69. The normalized spacial score (nSPS) is 20.6. The van der Waals surface area contributed by atoms with E-state index in [1.165, 1.54) is 17.6 Å². The van der Waals surface area contributed by atoms with Gasteiger partial charge in [-0.3, -0.25) is 0 Å². The van der Waals surface area contributed by atoms with Gasteiger partial charge in [-0.15, -0.1) is 0 Å². The van der Waals surface area contributed by atoms with Crippen LogP contribution in [0.1, 0.15) is 18.9 Å². The molecule has 0 aromatic heterocycles. The van der Waals surface area contributed by atoms with Gasteiger partial charge in [0.25, 0.3) is 0 Å². The summed E-state index contributed by atoms with van der Waals surface area (Å²) in [6, 6.07) is 10.5. The highest BCUT2D eigenvalue weighted by molar-refractivity contribution is 5.52. The van der Waals surface area contributed by atoms with Crippen LogP contribution in [0.25, 0.3) is 6.08 Å². The molecule has 1 fully saturated rings. The number of ether oxygens (including phenoxy) is 1. The maximum absolute atomic E-state index is 5.42. The number of benzene rings is 1. The lowest BCUT2D eigenvalue weighted by atomic mass is 10.1. The quantitative estimate of drug-likeness (QED) is 0.790. The molecule has 1 aromatic rings. The van der Waals surface area contributed by atoms with Gasteiger partial charge in [0.05, 0.1) is 6.61 Å². The molecule has 1 aliphatic rings. The highest BCUT2D eigenvalue weighted by Gasteiger charge is 2.17. The van der Waals surface area contributed by atoms with Gasteiger partial charge in [0.1, 0.15) is 0 Å². The highest BCUT2D eigenvalue weighted by Crippen LogP contribution is 2.14. The van der Waals surface area contributed by atoms with Crippen LogP contribution in [0.2, 0.25) is 0 Å². The molecule has 0 unspecified atom stereocenters. The van der Waals surface area contributed by atoms with Crippen molar-refractivity contribution in [2.24, 2.45) is 5.92 Å². The molecule has 2 nitrogen and oxygen atoms in total. The fourth-order valence-corrected chi connectivity index (χ4v) is 2.54. The molecule has 98 valence electrons. The average molecular weight is 245 g/mol. The number of likely N-dealkylation sites (N-methyl/N-ethyl adjacent to an activating group) is 1. The lowest BCUT2D eigenvalue weighted by Crippen LogP contribution is -2.27. The molecule has 1 aliphatic heterocycles. The van der Waals surface area contributed by atoms with Gasteiger partial charge in [-0.05, 0) is 31.9 Å². The Labute approximate surface area is 110 Å². The molecule has 18 heavy (non-hydrogen) atoms. The monoisotopic (exact) mass is 245 g/mol. The molecular formula is C16H23NO. The third-order valence-corrected chi connectivity index (χ3v) is 3.33. The minimum Gasteiger partial charge on any atom is -0.381 e. The van der Waals surface area contributed by atoms with Crippen LogP contribution in [0.15, 0.2) is 35.9 Å². The van der Waals surface area contributed by atoms with E-state index in [2.05, 4.69) is 55.3 Å². The minimum absolute atomic E-state index is 0.722. The Morgan fingerprint density at radius 1 is 1.39 bits per heavy atom. The van der Waals surface area contributed by atoms with Gasteiger partial charge in [-0.25, -0.2) is 0 Å². The van der Waals surface area contributed by atoms with Crippen LogP contribution in [0, 0.1) is 5.92 Å². The van der Waals surface area contributed by atoms with Crippen LogP contribution in [-0.2, 0) is 4.74 Å². The van der Waals surface area contributed by atoms with Gasteiger partial charge in [0.2, 0.25) is 0 Å². The van der Waals surface area contributed by atoms with E-state index in [-0.39, 0.29) is 0 Å². The number of rotatable bonds is 5. The van der Waals surface area contributed by atoms with Gasteiger partial charge in [-0.2, -0.15) is 0 Å². The Morgan fingerprint density at radius 2 is 2.17 bits per heavy atom. The molecule has 0 aliphatic carbocycles. The van der Waals surface area contributed by atoms with E-state index in [1.807, 2.05) is 0 Å². The van der Waals surface area contributed by atoms with Crippen LogP contribution < -0.4 is 0 Å². The molecule has 1 atom stereocenters. The first-order valence-electron chi connectivity index (χ1n) is 6.72. The van der Waals surface area contributed by atoms with Gasteiger partial charge in [0.15, 0.2) is 0 Å². The third-order valence-electron chi connectivity index (χ3n) is 3.33. The van der Waals surface area contributed by atoms with E-state index in [9.17, 15) is 0 Å². The summed E-state index contributed by atoms with van der Waals surface area (Å²) in [7, 11) is 2.20. The first-order valence-corrected chi connectivity index (χ1v) is 6.72. The van der Waals surface area contributed by atoms with Crippen molar-refractivity contribution in [2.75, 3.05) is 33.4 Å². The Kier molecular flexibility index (Phi) is 4.97. The molecule has 0 spiro atoms. The van der Waals surface area contributed by atoms with Crippen LogP contribution in [-0.4, -0.2) is 38.3 Å². The van der Waals surface area contributed by atoms with E-state index in [1.54, 1.807) is 0 Å². The van der Waals surface area contributed by atoms with Crippen LogP contribution in [0.4, 0.5) is 0 Å². The molecule has 2 heteroatoms. The largest absolute Gasteiger partial charge is 0.381 e. The Morgan fingerprint density at radius 3 is 2.83 bits per heavy atom. The van der Waals surface area contributed by atoms with E-state index < -0.39 is 0 Å². The molecule has 1 heterocycles. The SMILES string of the molecule is CC(=Cc1ccccc1)CN(C)C[C@H]1CCOC1. The summed E-state index contributed by atoms with van der Waals surface area (Å²) >= 11 is 0. The van der Waals surface area contributed by atoms with Crippen LogP contribution >= 0.6 is 0 Å². The first-order chi connectivity index (χ1) is 8.74. The van der Waals surface area contributed by atoms with Crippen molar-refractivity contribution in [2.45, 2.75) is 13.3 Å². The molecule has 0 amide bonds. The maximum Gasteiger partial charge on any atom is 0.0507 e. The summed E-state index contributed by atoms with van der Waals surface area (Å²) in [5.74, 6) is 0.722. The second kappa shape index (κ2) is 6.72. The zero-order valence-corrected chi connectivity index (χ0v) is 11.4. The predicted molar refractivity (Wildman–Crippen MR) is 76.5 cm³/mol. The van der Waals surface area contributed by atoms with Gasteiger partial charge >= 0.3 is 0 Å². The zero-order chi connectivity index (χ0) is 12.8. The maximum atomic E-state index is 5.42. The average Bonchev–Trinajstić information content (AvgIpc) is 2.82.